The lowest BCUT2D eigenvalue weighted by molar-refractivity contribution is -0.386. The van der Waals surface area contributed by atoms with Crippen molar-refractivity contribution in [3.8, 4) is 6.07 Å². The third-order valence-corrected chi connectivity index (χ3v) is 2.13. The molecule has 0 aromatic heterocycles. The van der Waals surface area contributed by atoms with Crippen LogP contribution in [0.25, 0.3) is 0 Å². The summed E-state index contributed by atoms with van der Waals surface area (Å²) in [5, 5.41) is 28.6. The molecule has 0 bridgehead atoms. The number of esters is 1. The Morgan fingerprint density at radius 2 is 2.29 bits per heavy atom. The van der Waals surface area contributed by atoms with Gasteiger partial charge in [0, 0.05) is 0 Å². The molecule has 1 aromatic rings. The fourth-order valence-electron chi connectivity index (χ4n) is 1.36. The summed E-state index contributed by atoms with van der Waals surface area (Å²) < 4.78 is 4.41. The van der Waals surface area contributed by atoms with E-state index in [0.29, 0.717) is 0 Å². The predicted octanol–water partition coefficient (Wildman–Crippen LogP) is 0.745. The van der Waals surface area contributed by atoms with Crippen LogP contribution < -0.4 is 0 Å². The summed E-state index contributed by atoms with van der Waals surface area (Å²) >= 11 is 0. The van der Waals surface area contributed by atoms with Gasteiger partial charge in [-0.25, -0.2) is 4.79 Å². The van der Waals surface area contributed by atoms with Crippen LogP contribution in [0.5, 0.6) is 0 Å². The minimum atomic E-state index is -0.839. The lowest BCUT2D eigenvalue weighted by Gasteiger charge is -2.05. The number of aliphatic hydroxyl groups excluding tert-OH is 1. The standard InChI is InChI=1S/C10H8N2O5/c1-17-10(14)7-3-2-6(5-13)9(12(15)16)8(7)4-11/h2-3,13H,5H2,1H3. The average molecular weight is 236 g/mol. The molecule has 0 radical (unpaired) electrons. The third-order valence-electron chi connectivity index (χ3n) is 2.13. The number of carbonyl (C=O) groups is 1. The number of nitrogens with zero attached hydrogens (tertiary/aromatic N) is 2. The molecule has 0 heterocycles. The van der Waals surface area contributed by atoms with Crippen molar-refractivity contribution < 1.29 is 19.6 Å². The molecule has 0 saturated carbocycles. The van der Waals surface area contributed by atoms with Gasteiger partial charge in [-0.1, -0.05) is 0 Å². The number of carbonyl (C=O) groups excluding carboxylic acids is 1. The molecule has 0 aliphatic carbocycles. The van der Waals surface area contributed by atoms with Gasteiger partial charge in [0.1, 0.15) is 11.6 Å². The Morgan fingerprint density at radius 1 is 1.65 bits per heavy atom. The Hall–Kier alpha value is -2.46. The van der Waals surface area contributed by atoms with Crippen molar-refractivity contribution in [2.24, 2.45) is 0 Å². The van der Waals surface area contributed by atoms with Gasteiger partial charge in [-0.15, -0.1) is 0 Å². The molecule has 1 rings (SSSR count). The number of benzene rings is 1. The number of hydrogen-bond acceptors (Lipinski definition) is 6. The zero-order valence-electron chi connectivity index (χ0n) is 8.84. The molecule has 0 saturated heterocycles. The highest BCUT2D eigenvalue weighted by Gasteiger charge is 2.26. The van der Waals surface area contributed by atoms with Crippen LogP contribution in [0.4, 0.5) is 5.69 Å². The van der Waals surface area contributed by atoms with Gasteiger partial charge in [-0.05, 0) is 12.1 Å². The van der Waals surface area contributed by atoms with E-state index in [9.17, 15) is 14.9 Å². The van der Waals surface area contributed by atoms with Crippen LogP contribution in [0.2, 0.25) is 0 Å². The van der Waals surface area contributed by atoms with Crippen LogP contribution in [0.15, 0.2) is 12.1 Å². The monoisotopic (exact) mass is 236 g/mol. The molecule has 0 aliphatic rings. The second-order valence-electron chi connectivity index (χ2n) is 3.01. The summed E-state index contributed by atoms with van der Waals surface area (Å²) in [7, 11) is 1.11. The van der Waals surface area contributed by atoms with E-state index in [0.717, 1.165) is 7.11 Å². The van der Waals surface area contributed by atoms with E-state index in [4.69, 9.17) is 10.4 Å². The van der Waals surface area contributed by atoms with Crippen LogP contribution in [-0.4, -0.2) is 23.1 Å². The highest BCUT2D eigenvalue weighted by Crippen LogP contribution is 2.27. The molecule has 0 aliphatic heterocycles. The first-order valence-corrected chi connectivity index (χ1v) is 4.46. The summed E-state index contributed by atoms with van der Waals surface area (Å²) in [6, 6.07) is 4.01. The molecule has 7 nitrogen and oxygen atoms in total. The summed E-state index contributed by atoms with van der Waals surface area (Å²) in [6.07, 6.45) is 0. The molecule has 0 atom stereocenters. The first kappa shape index (κ1) is 12.6. The number of nitriles is 1. The largest absolute Gasteiger partial charge is 0.465 e. The minimum absolute atomic E-state index is 0.0285. The lowest BCUT2D eigenvalue weighted by Crippen LogP contribution is -2.08. The molecule has 7 heteroatoms. The van der Waals surface area contributed by atoms with E-state index in [-0.39, 0.29) is 11.1 Å². The maximum absolute atomic E-state index is 11.3. The van der Waals surface area contributed by atoms with Crippen LogP contribution >= 0.6 is 0 Å². The predicted molar refractivity (Wildman–Crippen MR) is 55.1 cm³/mol. The van der Waals surface area contributed by atoms with E-state index < -0.39 is 28.8 Å². The molecule has 0 fully saturated rings. The van der Waals surface area contributed by atoms with Crippen molar-refractivity contribution in [3.05, 3.63) is 38.9 Å². The average Bonchev–Trinajstić information content (AvgIpc) is 2.35. The molecule has 0 amide bonds. The zero-order chi connectivity index (χ0) is 13.0. The molecular weight excluding hydrogens is 228 g/mol. The van der Waals surface area contributed by atoms with Crippen LogP contribution in [0, 0.1) is 21.4 Å². The van der Waals surface area contributed by atoms with Gasteiger partial charge in [0.05, 0.1) is 29.8 Å². The van der Waals surface area contributed by atoms with Crippen molar-refractivity contribution in [2.45, 2.75) is 6.61 Å². The number of methoxy groups -OCH3 is 1. The highest BCUT2D eigenvalue weighted by atomic mass is 16.6. The summed E-state index contributed by atoms with van der Waals surface area (Å²) in [4.78, 5) is 21.3. The lowest BCUT2D eigenvalue weighted by atomic mass is 10.0. The van der Waals surface area contributed by atoms with Gasteiger partial charge >= 0.3 is 5.97 Å². The third kappa shape index (κ3) is 2.21. The molecule has 1 aromatic carbocycles. The number of nitro groups is 1. The second-order valence-corrected chi connectivity index (χ2v) is 3.01. The normalized spacial score (nSPS) is 9.47. The Morgan fingerprint density at radius 3 is 2.71 bits per heavy atom. The van der Waals surface area contributed by atoms with E-state index in [1.807, 2.05) is 0 Å². The Labute approximate surface area is 96.0 Å². The fraction of sp³-hybridized carbons (Fsp3) is 0.200. The quantitative estimate of drug-likeness (QED) is 0.470. The van der Waals surface area contributed by atoms with Gasteiger partial charge in [-0.2, -0.15) is 5.26 Å². The van der Waals surface area contributed by atoms with Crippen molar-refractivity contribution in [3.63, 3.8) is 0 Å². The number of ether oxygens (including phenoxy) is 1. The van der Waals surface area contributed by atoms with Gasteiger partial charge in [0.2, 0.25) is 0 Å². The molecule has 88 valence electrons. The Kier molecular flexibility index (Phi) is 3.74. The first-order chi connectivity index (χ1) is 8.06. The van der Waals surface area contributed by atoms with E-state index >= 15 is 0 Å². The number of aliphatic hydroxyl groups is 1. The topological polar surface area (TPSA) is 113 Å². The zero-order valence-corrected chi connectivity index (χ0v) is 8.84. The molecule has 1 N–H and O–H groups in total. The second kappa shape index (κ2) is 5.05. The van der Waals surface area contributed by atoms with E-state index in [1.54, 1.807) is 6.07 Å². The highest BCUT2D eigenvalue weighted by molar-refractivity contribution is 5.94. The molecule has 0 spiro atoms. The van der Waals surface area contributed by atoms with Crippen molar-refractivity contribution >= 4 is 11.7 Å². The fourth-order valence-corrected chi connectivity index (χ4v) is 1.36. The number of hydrogen-bond donors (Lipinski definition) is 1. The van der Waals surface area contributed by atoms with Gasteiger partial charge in [0.25, 0.3) is 5.69 Å². The van der Waals surface area contributed by atoms with Crippen molar-refractivity contribution in [2.75, 3.05) is 7.11 Å². The van der Waals surface area contributed by atoms with Crippen LogP contribution in [0.3, 0.4) is 0 Å². The SMILES string of the molecule is COC(=O)c1ccc(CO)c([N+](=O)[O-])c1C#N. The maximum atomic E-state index is 11.3. The first-order valence-electron chi connectivity index (χ1n) is 4.46. The van der Waals surface area contributed by atoms with Crippen LogP contribution in [0.1, 0.15) is 21.5 Å². The van der Waals surface area contributed by atoms with E-state index in [2.05, 4.69) is 4.74 Å². The Balaban J connectivity index is 3.59. The van der Waals surface area contributed by atoms with Crippen LogP contribution in [-0.2, 0) is 11.3 Å². The van der Waals surface area contributed by atoms with Crippen molar-refractivity contribution in [1.82, 2.24) is 0 Å². The summed E-state index contributed by atoms with van der Waals surface area (Å²) in [5.41, 5.74) is -1.20. The smallest absolute Gasteiger partial charge is 0.339 e. The summed E-state index contributed by atoms with van der Waals surface area (Å²) in [5.74, 6) is -0.839. The molecular formula is C10H8N2O5. The van der Waals surface area contributed by atoms with Gasteiger partial charge in [-0.3, -0.25) is 10.1 Å². The molecule has 17 heavy (non-hydrogen) atoms. The summed E-state index contributed by atoms with van der Waals surface area (Å²) in [6.45, 7) is -0.591. The minimum Gasteiger partial charge on any atom is -0.465 e. The molecule has 0 unspecified atom stereocenters. The van der Waals surface area contributed by atoms with Gasteiger partial charge in [0.15, 0.2) is 0 Å². The Bertz CT molecular complexity index is 518. The number of rotatable bonds is 3. The number of nitro benzene ring substituents is 1. The van der Waals surface area contributed by atoms with E-state index in [1.165, 1.54) is 12.1 Å². The maximum Gasteiger partial charge on any atom is 0.339 e. The van der Waals surface area contributed by atoms with Crippen molar-refractivity contribution in [1.29, 1.82) is 5.26 Å². The van der Waals surface area contributed by atoms with Gasteiger partial charge < -0.3 is 9.84 Å².